The van der Waals surface area contributed by atoms with Crippen LogP contribution in [-0.4, -0.2) is 26.8 Å². The third kappa shape index (κ3) is 5.93. The molecule has 10 heteroatoms. The fraction of sp³-hybridized carbons (Fsp3) is 0.100. The first kappa shape index (κ1) is 21.6. The molecule has 30 heavy (non-hydrogen) atoms. The Morgan fingerprint density at radius 2 is 1.63 bits per heavy atom. The van der Waals surface area contributed by atoms with Crippen molar-refractivity contribution < 1.29 is 22.4 Å². The molecule has 0 saturated heterocycles. The number of benzene rings is 2. The summed E-state index contributed by atoms with van der Waals surface area (Å²) in [5, 5.41) is 5.74. The van der Waals surface area contributed by atoms with Gasteiger partial charge in [0, 0.05) is 29.4 Å². The number of sulfonamides is 1. The highest BCUT2D eigenvalue weighted by Crippen LogP contribution is 2.17. The predicted octanol–water partition coefficient (Wildman–Crippen LogP) is 3.49. The maximum atomic E-state index is 12.2. The zero-order valence-electron chi connectivity index (χ0n) is 15.6. The number of anilines is 2. The molecule has 2 aromatic carbocycles. The topological polar surface area (TPSA) is 118 Å². The number of halogens is 1. The van der Waals surface area contributed by atoms with E-state index < -0.39 is 15.9 Å². The number of rotatable bonds is 8. The van der Waals surface area contributed by atoms with Crippen LogP contribution in [0.15, 0.2) is 76.2 Å². The van der Waals surface area contributed by atoms with Crippen molar-refractivity contribution in [2.75, 3.05) is 17.2 Å². The molecule has 0 spiro atoms. The number of carbonyl (C=O) groups excluding carboxylic acids is 2. The molecule has 0 aliphatic heterocycles. The molecule has 0 saturated carbocycles. The van der Waals surface area contributed by atoms with Crippen molar-refractivity contribution in [1.29, 1.82) is 0 Å². The first-order chi connectivity index (χ1) is 14.3. The maximum Gasteiger partial charge on any atom is 0.291 e. The molecule has 3 aromatic rings. The van der Waals surface area contributed by atoms with E-state index in [2.05, 4.69) is 15.4 Å². The molecule has 0 aliphatic rings. The summed E-state index contributed by atoms with van der Waals surface area (Å²) in [4.78, 5) is 24.2. The smallest absolute Gasteiger partial charge is 0.291 e. The lowest BCUT2D eigenvalue weighted by molar-refractivity contribution is -0.116. The van der Waals surface area contributed by atoms with Gasteiger partial charge in [0.05, 0.1) is 11.2 Å². The lowest BCUT2D eigenvalue weighted by Crippen LogP contribution is -2.27. The molecule has 3 rings (SSSR count). The summed E-state index contributed by atoms with van der Waals surface area (Å²) < 4.78 is 31.8. The Balaban J connectivity index is 1.51. The van der Waals surface area contributed by atoms with Gasteiger partial charge in [-0.05, 0) is 54.6 Å². The number of hydrogen-bond acceptors (Lipinski definition) is 5. The van der Waals surface area contributed by atoms with Gasteiger partial charge in [-0.15, -0.1) is 0 Å². The molecule has 0 aliphatic carbocycles. The van der Waals surface area contributed by atoms with Crippen LogP contribution >= 0.6 is 11.6 Å². The van der Waals surface area contributed by atoms with Gasteiger partial charge in [0.1, 0.15) is 0 Å². The number of hydrogen-bond donors (Lipinski definition) is 3. The van der Waals surface area contributed by atoms with Crippen LogP contribution < -0.4 is 15.4 Å². The molecule has 2 amide bonds. The summed E-state index contributed by atoms with van der Waals surface area (Å²) in [6.07, 6.45) is 1.32. The molecule has 0 atom stereocenters. The number of furan rings is 1. The Morgan fingerprint density at radius 1 is 0.933 bits per heavy atom. The molecule has 156 valence electrons. The van der Waals surface area contributed by atoms with Crippen molar-refractivity contribution in [3.05, 3.63) is 77.7 Å². The van der Waals surface area contributed by atoms with Crippen molar-refractivity contribution >= 4 is 44.8 Å². The van der Waals surface area contributed by atoms with E-state index in [0.717, 1.165) is 0 Å². The van der Waals surface area contributed by atoms with Gasteiger partial charge in [-0.2, -0.15) is 0 Å². The van der Waals surface area contributed by atoms with Gasteiger partial charge in [0.15, 0.2) is 5.76 Å². The maximum absolute atomic E-state index is 12.2. The molecule has 8 nitrogen and oxygen atoms in total. The van der Waals surface area contributed by atoms with Gasteiger partial charge in [-0.3, -0.25) is 9.59 Å². The molecule has 0 unspecified atom stereocenters. The molecule has 0 radical (unpaired) electrons. The Bertz CT molecular complexity index is 1130. The largest absolute Gasteiger partial charge is 0.459 e. The van der Waals surface area contributed by atoms with Gasteiger partial charge in [0.2, 0.25) is 15.9 Å². The van der Waals surface area contributed by atoms with E-state index in [9.17, 15) is 18.0 Å². The number of amides is 2. The van der Waals surface area contributed by atoms with Crippen molar-refractivity contribution in [2.45, 2.75) is 11.3 Å². The van der Waals surface area contributed by atoms with Gasteiger partial charge in [-0.1, -0.05) is 17.7 Å². The SMILES string of the molecule is O=C(CCNS(=O)(=O)c1ccc(Cl)cc1)Nc1cccc(NC(=O)c2ccco2)c1. The summed E-state index contributed by atoms with van der Waals surface area (Å²) in [5.41, 5.74) is 0.926. The van der Waals surface area contributed by atoms with Crippen LogP contribution in [0.4, 0.5) is 11.4 Å². The normalized spacial score (nSPS) is 11.1. The van der Waals surface area contributed by atoms with Crippen molar-refractivity contribution in [1.82, 2.24) is 4.72 Å². The van der Waals surface area contributed by atoms with E-state index >= 15 is 0 Å². The fourth-order valence-electron chi connectivity index (χ4n) is 2.49. The van der Waals surface area contributed by atoms with Crippen LogP contribution in [0.25, 0.3) is 0 Å². The minimum Gasteiger partial charge on any atom is -0.459 e. The molecule has 1 aromatic heterocycles. The number of carbonyl (C=O) groups is 2. The van der Waals surface area contributed by atoms with Crippen molar-refractivity contribution in [3.63, 3.8) is 0 Å². The monoisotopic (exact) mass is 447 g/mol. The summed E-state index contributed by atoms with van der Waals surface area (Å²) >= 11 is 5.75. The van der Waals surface area contributed by atoms with E-state index in [1.54, 1.807) is 30.3 Å². The Labute approximate surface area is 178 Å². The highest BCUT2D eigenvalue weighted by molar-refractivity contribution is 7.89. The van der Waals surface area contributed by atoms with Crippen molar-refractivity contribution in [3.8, 4) is 0 Å². The van der Waals surface area contributed by atoms with Gasteiger partial charge >= 0.3 is 0 Å². The first-order valence-electron chi connectivity index (χ1n) is 8.83. The van der Waals surface area contributed by atoms with Crippen LogP contribution in [0.1, 0.15) is 17.0 Å². The van der Waals surface area contributed by atoms with E-state index in [1.165, 1.54) is 36.6 Å². The second kappa shape index (κ2) is 9.57. The van der Waals surface area contributed by atoms with Crippen LogP contribution in [0.2, 0.25) is 5.02 Å². The predicted molar refractivity (Wildman–Crippen MR) is 113 cm³/mol. The minimum atomic E-state index is -3.73. The molecule has 1 heterocycles. The van der Waals surface area contributed by atoms with E-state index in [0.29, 0.717) is 16.4 Å². The third-order valence-corrected chi connectivity index (χ3v) is 5.65. The fourth-order valence-corrected chi connectivity index (χ4v) is 3.65. The third-order valence-electron chi connectivity index (χ3n) is 3.92. The summed E-state index contributed by atoms with van der Waals surface area (Å²) in [6.45, 7) is -0.0777. The average molecular weight is 448 g/mol. The summed E-state index contributed by atoms with van der Waals surface area (Å²) in [6, 6.07) is 15.4. The zero-order valence-corrected chi connectivity index (χ0v) is 17.2. The second-order valence-corrected chi connectivity index (χ2v) is 8.37. The number of nitrogens with one attached hydrogen (secondary N) is 3. The summed E-state index contributed by atoms with van der Waals surface area (Å²) in [5.74, 6) is -0.638. The quantitative estimate of drug-likeness (QED) is 0.488. The lowest BCUT2D eigenvalue weighted by atomic mass is 10.2. The zero-order chi connectivity index (χ0) is 21.6. The molecule has 0 bridgehead atoms. The van der Waals surface area contributed by atoms with Crippen LogP contribution in [0.5, 0.6) is 0 Å². The molecular formula is C20H18ClN3O5S. The van der Waals surface area contributed by atoms with Crippen LogP contribution in [-0.2, 0) is 14.8 Å². The van der Waals surface area contributed by atoms with Crippen molar-refractivity contribution in [2.24, 2.45) is 0 Å². The Kier molecular flexibility index (Phi) is 6.88. The first-order valence-corrected chi connectivity index (χ1v) is 10.7. The van der Waals surface area contributed by atoms with E-state index in [-0.39, 0.29) is 29.5 Å². The summed E-state index contributed by atoms with van der Waals surface area (Å²) in [7, 11) is -3.73. The molecule has 0 fully saturated rings. The molecular weight excluding hydrogens is 430 g/mol. The van der Waals surface area contributed by atoms with E-state index in [1.807, 2.05) is 0 Å². The Hall–Kier alpha value is -3.14. The van der Waals surface area contributed by atoms with Gasteiger partial charge in [0.25, 0.3) is 5.91 Å². The lowest BCUT2D eigenvalue weighted by Gasteiger charge is -2.09. The highest BCUT2D eigenvalue weighted by atomic mass is 35.5. The van der Waals surface area contributed by atoms with Crippen LogP contribution in [0.3, 0.4) is 0 Å². The highest BCUT2D eigenvalue weighted by Gasteiger charge is 2.14. The average Bonchev–Trinajstić information content (AvgIpc) is 3.23. The second-order valence-electron chi connectivity index (χ2n) is 6.16. The van der Waals surface area contributed by atoms with Crippen LogP contribution in [0, 0.1) is 0 Å². The van der Waals surface area contributed by atoms with Gasteiger partial charge in [-0.25, -0.2) is 13.1 Å². The molecule has 3 N–H and O–H groups in total. The standard InChI is InChI=1S/C20H18ClN3O5S/c21-14-6-8-17(9-7-14)30(27,28)22-11-10-19(25)23-15-3-1-4-16(13-15)24-20(26)18-5-2-12-29-18/h1-9,12-13,22H,10-11H2,(H,23,25)(H,24,26). The van der Waals surface area contributed by atoms with E-state index in [4.69, 9.17) is 16.0 Å². The Morgan fingerprint density at radius 3 is 2.30 bits per heavy atom. The minimum absolute atomic E-state index is 0.0623. The van der Waals surface area contributed by atoms with Gasteiger partial charge < -0.3 is 15.1 Å².